The highest BCUT2D eigenvalue weighted by atomic mass is 19.4. The molecular formula is C10H7F3O3. The Morgan fingerprint density at radius 2 is 1.81 bits per heavy atom. The van der Waals surface area contributed by atoms with Crippen LogP contribution in [0.25, 0.3) is 5.57 Å². The molecule has 0 amide bonds. The maximum absolute atomic E-state index is 11.8. The van der Waals surface area contributed by atoms with Gasteiger partial charge in [-0.3, -0.25) is 4.79 Å². The molecule has 0 bridgehead atoms. The number of aliphatic hydroxyl groups excluding tert-OH is 1. The lowest BCUT2D eigenvalue weighted by atomic mass is 10.1. The molecule has 0 aromatic heterocycles. The number of halogens is 3. The molecule has 0 aliphatic carbocycles. The molecule has 3 nitrogen and oxygen atoms in total. The van der Waals surface area contributed by atoms with Crippen LogP contribution in [0.1, 0.15) is 5.56 Å². The van der Waals surface area contributed by atoms with E-state index >= 15 is 0 Å². The average Bonchev–Trinajstić information content (AvgIpc) is 2.20. The Balaban J connectivity index is 2.87. The van der Waals surface area contributed by atoms with Crippen LogP contribution in [0.2, 0.25) is 0 Å². The summed E-state index contributed by atoms with van der Waals surface area (Å²) >= 11 is 0. The molecule has 0 saturated carbocycles. The highest BCUT2D eigenvalue weighted by Crippen LogP contribution is 2.24. The maximum Gasteiger partial charge on any atom is 0.573 e. The Morgan fingerprint density at radius 1 is 1.25 bits per heavy atom. The Morgan fingerprint density at radius 3 is 2.19 bits per heavy atom. The Kier molecular flexibility index (Phi) is 3.55. The van der Waals surface area contributed by atoms with Gasteiger partial charge >= 0.3 is 6.36 Å². The molecule has 0 atom stereocenters. The van der Waals surface area contributed by atoms with Gasteiger partial charge in [0.1, 0.15) is 5.75 Å². The third kappa shape index (κ3) is 3.30. The predicted molar refractivity (Wildman–Crippen MR) is 49.8 cm³/mol. The van der Waals surface area contributed by atoms with Crippen LogP contribution in [-0.4, -0.2) is 17.8 Å². The van der Waals surface area contributed by atoms with Gasteiger partial charge < -0.3 is 9.84 Å². The van der Waals surface area contributed by atoms with E-state index in [0.717, 1.165) is 12.1 Å². The molecule has 0 spiro atoms. The van der Waals surface area contributed by atoms with E-state index < -0.39 is 6.36 Å². The quantitative estimate of drug-likeness (QED) is 0.495. The van der Waals surface area contributed by atoms with Gasteiger partial charge in [-0.2, -0.15) is 0 Å². The first-order valence-corrected chi connectivity index (χ1v) is 4.12. The van der Waals surface area contributed by atoms with Crippen LogP contribution < -0.4 is 4.74 Å². The lowest BCUT2D eigenvalue weighted by molar-refractivity contribution is -0.274. The van der Waals surface area contributed by atoms with Gasteiger partial charge in [-0.15, -0.1) is 13.2 Å². The van der Waals surface area contributed by atoms with Crippen LogP contribution >= 0.6 is 0 Å². The number of aldehydes is 1. The zero-order chi connectivity index (χ0) is 12.2. The third-order valence-corrected chi connectivity index (χ3v) is 1.69. The van der Waals surface area contributed by atoms with Gasteiger partial charge in [-0.05, 0) is 17.7 Å². The number of aliphatic hydroxyl groups is 1. The molecule has 1 rings (SSSR count). The summed E-state index contributed by atoms with van der Waals surface area (Å²) in [5, 5.41) is 8.63. The number of hydrogen-bond donors (Lipinski definition) is 1. The first kappa shape index (κ1) is 12.1. The number of benzene rings is 1. The van der Waals surface area contributed by atoms with E-state index in [0.29, 0.717) is 18.1 Å². The Hall–Kier alpha value is -1.98. The van der Waals surface area contributed by atoms with E-state index in [1.54, 1.807) is 0 Å². The molecule has 0 radical (unpaired) electrons. The van der Waals surface area contributed by atoms with Crippen LogP contribution in [0, 0.1) is 0 Å². The minimum absolute atomic E-state index is 0.0291. The number of alkyl halides is 3. The van der Waals surface area contributed by atoms with Gasteiger partial charge in [0, 0.05) is 0 Å². The van der Waals surface area contributed by atoms with Gasteiger partial charge in [-0.25, -0.2) is 0 Å². The molecular weight excluding hydrogens is 225 g/mol. The van der Waals surface area contributed by atoms with E-state index in [1.807, 2.05) is 0 Å². The van der Waals surface area contributed by atoms with Crippen molar-refractivity contribution in [3.05, 3.63) is 36.1 Å². The average molecular weight is 232 g/mol. The van der Waals surface area contributed by atoms with Crippen molar-refractivity contribution in [3.8, 4) is 5.75 Å². The molecule has 0 fully saturated rings. The third-order valence-electron chi connectivity index (χ3n) is 1.69. The highest BCUT2D eigenvalue weighted by Gasteiger charge is 2.30. The normalized spacial score (nSPS) is 12.3. The van der Waals surface area contributed by atoms with E-state index in [9.17, 15) is 18.0 Å². The molecule has 1 aromatic carbocycles. The number of hydrogen-bond acceptors (Lipinski definition) is 3. The van der Waals surface area contributed by atoms with E-state index in [1.165, 1.54) is 12.1 Å². The Bertz CT molecular complexity index is 393. The molecule has 0 unspecified atom stereocenters. The SMILES string of the molecule is O=C/C(=C/O)c1ccc(OC(F)(F)F)cc1. The summed E-state index contributed by atoms with van der Waals surface area (Å²) in [6, 6.07) is 4.57. The Labute approximate surface area is 88.8 Å². The molecule has 1 aromatic rings. The van der Waals surface area contributed by atoms with Crippen molar-refractivity contribution >= 4 is 11.9 Å². The van der Waals surface area contributed by atoms with Crippen molar-refractivity contribution in [1.29, 1.82) is 0 Å². The summed E-state index contributed by atoms with van der Waals surface area (Å²) in [5.41, 5.74) is 0.269. The maximum atomic E-state index is 11.8. The topological polar surface area (TPSA) is 46.5 Å². The number of allylic oxidation sites excluding steroid dienone is 1. The van der Waals surface area contributed by atoms with Crippen LogP contribution in [0.5, 0.6) is 5.75 Å². The molecule has 0 heterocycles. The van der Waals surface area contributed by atoms with Crippen molar-refractivity contribution in [2.45, 2.75) is 6.36 Å². The fraction of sp³-hybridized carbons (Fsp3) is 0.100. The second-order valence-electron chi connectivity index (χ2n) is 2.77. The van der Waals surface area contributed by atoms with Crippen LogP contribution in [0.3, 0.4) is 0 Å². The van der Waals surface area contributed by atoms with Gasteiger partial charge in [-0.1, -0.05) is 12.1 Å². The smallest absolute Gasteiger partial charge is 0.515 e. The second-order valence-corrected chi connectivity index (χ2v) is 2.77. The van der Waals surface area contributed by atoms with Gasteiger partial charge in [0.25, 0.3) is 0 Å². The molecule has 6 heteroatoms. The highest BCUT2D eigenvalue weighted by molar-refractivity contribution is 6.06. The molecule has 0 saturated heterocycles. The minimum Gasteiger partial charge on any atom is -0.515 e. The van der Waals surface area contributed by atoms with Crippen LogP contribution in [0.15, 0.2) is 30.5 Å². The fourth-order valence-electron chi connectivity index (χ4n) is 1.02. The number of rotatable bonds is 3. The first-order chi connectivity index (χ1) is 7.46. The zero-order valence-electron chi connectivity index (χ0n) is 7.86. The largest absolute Gasteiger partial charge is 0.573 e. The van der Waals surface area contributed by atoms with Crippen molar-refractivity contribution in [2.24, 2.45) is 0 Å². The van der Waals surface area contributed by atoms with E-state index in [2.05, 4.69) is 4.74 Å². The van der Waals surface area contributed by atoms with Gasteiger partial charge in [0.05, 0.1) is 11.8 Å². The number of ether oxygens (including phenoxy) is 1. The van der Waals surface area contributed by atoms with Gasteiger partial charge in [0.2, 0.25) is 0 Å². The fourth-order valence-corrected chi connectivity index (χ4v) is 1.02. The monoisotopic (exact) mass is 232 g/mol. The van der Waals surface area contributed by atoms with E-state index in [-0.39, 0.29) is 11.3 Å². The van der Waals surface area contributed by atoms with E-state index in [4.69, 9.17) is 5.11 Å². The summed E-state index contributed by atoms with van der Waals surface area (Å²) < 4.78 is 39.0. The summed E-state index contributed by atoms with van der Waals surface area (Å²) in [5.74, 6) is -0.389. The van der Waals surface area contributed by atoms with Crippen molar-refractivity contribution < 1.29 is 27.8 Å². The number of carbonyl (C=O) groups is 1. The van der Waals surface area contributed by atoms with Crippen LogP contribution in [-0.2, 0) is 4.79 Å². The summed E-state index contributed by atoms with van der Waals surface area (Å²) in [4.78, 5) is 10.4. The first-order valence-electron chi connectivity index (χ1n) is 4.12. The lowest BCUT2D eigenvalue weighted by Crippen LogP contribution is -2.17. The molecule has 1 N–H and O–H groups in total. The zero-order valence-corrected chi connectivity index (χ0v) is 7.86. The molecule has 0 aliphatic rings. The van der Waals surface area contributed by atoms with Crippen LogP contribution in [0.4, 0.5) is 13.2 Å². The lowest BCUT2D eigenvalue weighted by Gasteiger charge is -2.08. The van der Waals surface area contributed by atoms with Crippen molar-refractivity contribution in [1.82, 2.24) is 0 Å². The second kappa shape index (κ2) is 4.69. The summed E-state index contributed by atoms with van der Waals surface area (Å²) in [6.07, 6.45) is -3.78. The summed E-state index contributed by atoms with van der Waals surface area (Å²) in [7, 11) is 0. The van der Waals surface area contributed by atoms with Gasteiger partial charge in [0.15, 0.2) is 6.29 Å². The summed E-state index contributed by atoms with van der Waals surface area (Å²) in [6.45, 7) is 0. The minimum atomic E-state index is -4.75. The molecule has 86 valence electrons. The predicted octanol–water partition coefficient (Wildman–Crippen LogP) is 2.68. The van der Waals surface area contributed by atoms with Crippen molar-refractivity contribution in [2.75, 3.05) is 0 Å². The van der Waals surface area contributed by atoms with Crippen molar-refractivity contribution in [3.63, 3.8) is 0 Å². The number of carbonyl (C=O) groups excluding carboxylic acids is 1. The standard InChI is InChI=1S/C10H7F3O3/c11-10(12,13)16-9-3-1-7(2-4-9)8(5-14)6-15/h1-6,14H/b8-5-. The molecule has 0 aliphatic heterocycles. The molecule has 16 heavy (non-hydrogen) atoms.